The quantitative estimate of drug-likeness (QED) is 0.346. The van der Waals surface area contributed by atoms with Crippen molar-refractivity contribution in [3.05, 3.63) is 87.0 Å². The predicted molar refractivity (Wildman–Crippen MR) is 142 cm³/mol. The van der Waals surface area contributed by atoms with Crippen LogP contribution in [0.2, 0.25) is 5.02 Å². The van der Waals surface area contributed by atoms with Gasteiger partial charge in [-0.15, -0.1) is 0 Å². The first-order chi connectivity index (χ1) is 16.4. The third-order valence-corrected chi connectivity index (χ3v) is 7.11. The lowest BCUT2D eigenvalue weighted by molar-refractivity contribution is -0.122. The highest BCUT2D eigenvalue weighted by atomic mass is 35.5. The summed E-state index contributed by atoms with van der Waals surface area (Å²) in [7, 11) is 0. The fourth-order valence-corrected chi connectivity index (χ4v) is 5.27. The van der Waals surface area contributed by atoms with Crippen LogP contribution in [-0.2, 0) is 11.4 Å². The van der Waals surface area contributed by atoms with Crippen LogP contribution in [0.5, 0.6) is 5.75 Å². The van der Waals surface area contributed by atoms with Gasteiger partial charge in [0.2, 0.25) is 0 Å². The number of hydrogen-bond donors (Lipinski definition) is 0. The molecule has 0 radical (unpaired) electrons. The van der Waals surface area contributed by atoms with Crippen LogP contribution in [0, 0.1) is 13.8 Å². The number of aliphatic imine (C=N–C) groups is 1. The van der Waals surface area contributed by atoms with Crippen molar-refractivity contribution in [2.75, 3.05) is 13.1 Å². The number of carbonyl (C=O) groups is 1. The molecule has 0 atom stereocenters. The fraction of sp³-hybridized carbons (Fsp3) is 0.259. The molecule has 0 bridgehead atoms. The van der Waals surface area contributed by atoms with E-state index in [9.17, 15) is 4.79 Å². The van der Waals surface area contributed by atoms with Gasteiger partial charge in [-0.1, -0.05) is 29.8 Å². The largest absolute Gasteiger partial charge is 0.489 e. The van der Waals surface area contributed by atoms with Crippen molar-refractivity contribution in [2.45, 2.75) is 34.3 Å². The molecule has 1 aliphatic rings. The smallest absolute Gasteiger partial charge is 0.266 e. The summed E-state index contributed by atoms with van der Waals surface area (Å²) in [6, 6.07) is 17.8. The first-order valence-electron chi connectivity index (χ1n) is 11.3. The number of carbonyl (C=O) groups excluding carboxylic acids is 1. The third-order valence-electron chi connectivity index (χ3n) is 5.70. The van der Waals surface area contributed by atoms with Crippen molar-refractivity contribution in [2.24, 2.45) is 4.99 Å². The average Bonchev–Trinajstić information content (AvgIpc) is 3.28. The minimum Gasteiger partial charge on any atom is -0.489 e. The van der Waals surface area contributed by atoms with Crippen molar-refractivity contribution in [1.29, 1.82) is 0 Å². The molecule has 7 heteroatoms. The molecule has 1 fully saturated rings. The van der Waals surface area contributed by atoms with E-state index >= 15 is 0 Å². The minimum absolute atomic E-state index is 0.0181. The van der Waals surface area contributed by atoms with Gasteiger partial charge in [-0.05, 0) is 87.5 Å². The first kappa shape index (κ1) is 24.2. The summed E-state index contributed by atoms with van der Waals surface area (Å²) in [6.45, 7) is 9.79. The summed E-state index contributed by atoms with van der Waals surface area (Å²) in [6.07, 6.45) is 1.98. The van der Waals surface area contributed by atoms with E-state index in [1.165, 1.54) is 11.8 Å². The number of likely N-dealkylation sites (N-methyl/N-ethyl adjacent to an activating group) is 1. The van der Waals surface area contributed by atoms with Crippen LogP contribution in [0.3, 0.4) is 0 Å². The van der Waals surface area contributed by atoms with Gasteiger partial charge in [-0.2, -0.15) is 0 Å². The number of ether oxygens (including phenoxy) is 1. The molecular weight excluding hydrogens is 466 g/mol. The summed E-state index contributed by atoms with van der Waals surface area (Å²) in [5.74, 6) is 0.799. The zero-order valence-corrected chi connectivity index (χ0v) is 21.4. The number of hydrogen-bond acceptors (Lipinski definition) is 4. The van der Waals surface area contributed by atoms with Crippen molar-refractivity contribution in [1.82, 2.24) is 9.47 Å². The number of amides is 1. The Bertz CT molecular complexity index is 1260. The van der Waals surface area contributed by atoms with Crippen LogP contribution in [0.25, 0.3) is 11.8 Å². The SMILES string of the molecule is CCN=C1S/C(=C/c2cc(C)n(-c3ccc(OCc4ccccc4Cl)cc3)c2C)C(=O)N1CC. The number of thioether (sulfide) groups is 1. The van der Waals surface area contributed by atoms with Crippen LogP contribution >= 0.6 is 23.4 Å². The molecule has 2 aromatic carbocycles. The molecule has 0 saturated carbocycles. The fourth-order valence-electron chi connectivity index (χ4n) is 3.98. The molecule has 0 aliphatic carbocycles. The highest BCUT2D eigenvalue weighted by Gasteiger charge is 2.32. The minimum atomic E-state index is 0.0181. The number of nitrogens with zero attached hydrogens (tertiary/aromatic N) is 3. The van der Waals surface area contributed by atoms with E-state index in [4.69, 9.17) is 16.3 Å². The Labute approximate surface area is 210 Å². The van der Waals surface area contributed by atoms with Crippen LogP contribution < -0.4 is 4.74 Å². The second-order valence-electron chi connectivity index (χ2n) is 7.95. The van der Waals surface area contributed by atoms with Crippen LogP contribution in [0.15, 0.2) is 64.5 Å². The number of benzene rings is 2. The van der Waals surface area contributed by atoms with E-state index in [1.807, 2.05) is 68.5 Å². The summed E-state index contributed by atoms with van der Waals surface area (Å²) >= 11 is 7.67. The molecule has 2 heterocycles. The van der Waals surface area contributed by atoms with Gasteiger partial charge in [-0.25, -0.2) is 0 Å². The summed E-state index contributed by atoms with van der Waals surface area (Å²) in [5.41, 5.74) is 5.20. The maximum absolute atomic E-state index is 12.8. The van der Waals surface area contributed by atoms with E-state index in [0.29, 0.717) is 29.6 Å². The maximum atomic E-state index is 12.8. The second kappa shape index (κ2) is 10.5. The van der Waals surface area contributed by atoms with Crippen LogP contribution in [-0.4, -0.2) is 33.6 Å². The van der Waals surface area contributed by atoms with Gasteiger partial charge in [0.05, 0.1) is 4.91 Å². The number of aromatic nitrogens is 1. The molecule has 34 heavy (non-hydrogen) atoms. The number of aryl methyl sites for hydroxylation is 1. The molecular formula is C27H28ClN3O2S. The first-order valence-corrected chi connectivity index (χ1v) is 12.5. The Hall–Kier alpha value is -2.96. The molecule has 1 aliphatic heterocycles. The third kappa shape index (κ3) is 4.93. The monoisotopic (exact) mass is 493 g/mol. The van der Waals surface area contributed by atoms with Gasteiger partial charge in [0, 0.05) is 40.8 Å². The topological polar surface area (TPSA) is 46.8 Å². The Kier molecular flexibility index (Phi) is 7.49. The molecule has 0 N–H and O–H groups in total. The van der Waals surface area contributed by atoms with Crippen molar-refractivity contribution in [3.63, 3.8) is 0 Å². The van der Waals surface area contributed by atoms with Gasteiger partial charge < -0.3 is 9.30 Å². The van der Waals surface area contributed by atoms with Crippen LogP contribution in [0.4, 0.5) is 0 Å². The molecule has 5 nitrogen and oxygen atoms in total. The second-order valence-corrected chi connectivity index (χ2v) is 9.37. The standard InChI is InChI=1S/C27H28ClN3O2S/c1-5-29-27-30(6-2)26(32)25(34-27)16-21-15-18(3)31(19(21)4)22-11-13-23(14-12-22)33-17-20-9-7-8-10-24(20)28/h7-16H,5-6,17H2,1-4H3/b25-16+,29-27?. The molecule has 1 saturated heterocycles. The molecule has 1 aromatic heterocycles. The van der Waals surface area contributed by atoms with Gasteiger partial charge in [0.25, 0.3) is 5.91 Å². The molecule has 4 rings (SSSR count). The molecule has 0 unspecified atom stereocenters. The van der Waals surface area contributed by atoms with Crippen molar-refractivity contribution < 1.29 is 9.53 Å². The van der Waals surface area contributed by atoms with Gasteiger partial charge in [0.15, 0.2) is 5.17 Å². The van der Waals surface area contributed by atoms with E-state index in [1.54, 1.807) is 4.90 Å². The maximum Gasteiger partial charge on any atom is 0.266 e. The lowest BCUT2D eigenvalue weighted by Gasteiger charge is -2.12. The van der Waals surface area contributed by atoms with Crippen molar-refractivity contribution in [3.8, 4) is 11.4 Å². The Morgan fingerprint density at radius 2 is 1.82 bits per heavy atom. The molecule has 0 spiro atoms. The Morgan fingerprint density at radius 1 is 1.09 bits per heavy atom. The van der Waals surface area contributed by atoms with E-state index in [2.05, 4.69) is 29.5 Å². The summed E-state index contributed by atoms with van der Waals surface area (Å²) in [4.78, 5) is 19.8. The Balaban J connectivity index is 1.55. The van der Waals surface area contributed by atoms with Gasteiger partial charge in [0.1, 0.15) is 12.4 Å². The average molecular weight is 494 g/mol. The highest BCUT2D eigenvalue weighted by Crippen LogP contribution is 2.34. The number of rotatable bonds is 7. The molecule has 1 amide bonds. The van der Waals surface area contributed by atoms with Gasteiger partial charge >= 0.3 is 0 Å². The predicted octanol–water partition coefficient (Wildman–Crippen LogP) is 6.64. The Morgan fingerprint density at radius 3 is 2.50 bits per heavy atom. The molecule has 3 aromatic rings. The number of halogens is 1. The summed E-state index contributed by atoms with van der Waals surface area (Å²) < 4.78 is 8.11. The molecule has 176 valence electrons. The highest BCUT2D eigenvalue weighted by molar-refractivity contribution is 8.18. The van der Waals surface area contributed by atoms with E-state index < -0.39 is 0 Å². The van der Waals surface area contributed by atoms with Crippen LogP contribution in [0.1, 0.15) is 36.4 Å². The van der Waals surface area contributed by atoms with Gasteiger partial charge in [-0.3, -0.25) is 14.7 Å². The van der Waals surface area contributed by atoms with E-state index in [-0.39, 0.29) is 5.91 Å². The zero-order chi connectivity index (χ0) is 24.2. The zero-order valence-electron chi connectivity index (χ0n) is 19.8. The van der Waals surface area contributed by atoms with Crippen molar-refractivity contribution >= 4 is 40.5 Å². The van der Waals surface area contributed by atoms with E-state index in [0.717, 1.165) is 39.1 Å². The normalized spacial score (nSPS) is 16.1. The summed E-state index contributed by atoms with van der Waals surface area (Å²) in [5, 5.41) is 1.48. The number of amidine groups is 1. The lowest BCUT2D eigenvalue weighted by Crippen LogP contribution is -2.28. The lowest BCUT2D eigenvalue weighted by atomic mass is 10.2.